The van der Waals surface area contributed by atoms with Crippen LogP contribution in [0.3, 0.4) is 0 Å². The molecule has 1 fully saturated rings. The number of amides is 2. The van der Waals surface area contributed by atoms with E-state index in [4.69, 9.17) is 20.6 Å². The third-order valence-corrected chi connectivity index (χ3v) is 4.79. The largest absolute Gasteiger partial charge is 0.489 e. The van der Waals surface area contributed by atoms with Gasteiger partial charge in [0.2, 0.25) is 5.91 Å². The molecule has 0 unspecified atom stereocenters. The summed E-state index contributed by atoms with van der Waals surface area (Å²) in [6.45, 7) is 9.12. The molecule has 0 radical (unpaired) electrons. The van der Waals surface area contributed by atoms with Crippen molar-refractivity contribution in [3.8, 4) is 16.9 Å². The number of benzene rings is 1. The average Bonchev–Trinajstić information content (AvgIpc) is 3.07. The number of hydrogen-bond acceptors (Lipinski definition) is 7. The molecule has 2 aliphatic heterocycles. The topological polar surface area (TPSA) is 139 Å². The van der Waals surface area contributed by atoms with Crippen LogP contribution in [0.4, 0.5) is 10.5 Å². The number of cyclic esters (lactones) is 1. The van der Waals surface area contributed by atoms with Crippen molar-refractivity contribution in [3.05, 3.63) is 53.6 Å². The van der Waals surface area contributed by atoms with Crippen molar-refractivity contribution < 1.29 is 32.0 Å². The molecule has 1 saturated heterocycles. The van der Waals surface area contributed by atoms with Crippen LogP contribution in [0.2, 0.25) is 0 Å². The quantitative estimate of drug-likeness (QED) is 0.506. The lowest BCUT2D eigenvalue weighted by Gasteiger charge is -2.31. The maximum atomic E-state index is 12.4. The van der Waals surface area contributed by atoms with Gasteiger partial charge in [0.15, 0.2) is 0 Å². The number of aromatic nitrogens is 1. The predicted octanol–water partition coefficient (Wildman–Crippen LogP) is 1.89. The smallest absolute Gasteiger partial charge is 0.415 e. The van der Waals surface area contributed by atoms with E-state index in [1.807, 2.05) is 30.3 Å². The van der Waals surface area contributed by atoms with Crippen molar-refractivity contribution in [2.45, 2.75) is 25.6 Å². The summed E-state index contributed by atoms with van der Waals surface area (Å²) in [5.41, 5.74) is 3.17. The summed E-state index contributed by atoms with van der Waals surface area (Å²) in [4.78, 5) is 32.7. The molecule has 174 valence electrons. The van der Waals surface area contributed by atoms with Gasteiger partial charge in [-0.2, -0.15) is 8.42 Å². The van der Waals surface area contributed by atoms with Gasteiger partial charge in [0.05, 0.1) is 18.5 Å². The number of ether oxygens (including phenoxy) is 2. The minimum Gasteiger partial charge on any atom is -0.489 e. The van der Waals surface area contributed by atoms with Gasteiger partial charge in [0, 0.05) is 18.7 Å². The molecule has 2 N–H and O–H groups in total. The standard InChI is InChI=1S/C20H18N4O4.CH4O3S/c1-12(25)22-10-19-17-11-27-18-7-13(4-6-16(18)24(17)20(26)28-19)14-3-5-15(9-21-2)23-8-14;1-5(2,3)4/h3-8,17,19H,9-11H2,1H3,(H,22,25);1H3,(H,2,3,4)/t17-,19-;/m0./s1. The number of nitrogens with one attached hydrogen (secondary N) is 1. The second kappa shape index (κ2) is 9.85. The lowest BCUT2D eigenvalue weighted by atomic mass is 10.0. The lowest BCUT2D eigenvalue weighted by molar-refractivity contribution is -0.119. The van der Waals surface area contributed by atoms with Crippen molar-refractivity contribution in [3.63, 3.8) is 0 Å². The van der Waals surface area contributed by atoms with E-state index in [1.54, 1.807) is 11.1 Å². The summed E-state index contributed by atoms with van der Waals surface area (Å²) >= 11 is 0. The van der Waals surface area contributed by atoms with Crippen LogP contribution in [0.15, 0.2) is 36.5 Å². The number of nitrogens with zero attached hydrogens (tertiary/aromatic N) is 3. The number of rotatable bonds is 4. The van der Waals surface area contributed by atoms with Crippen molar-refractivity contribution in [2.75, 3.05) is 24.3 Å². The highest BCUT2D eigenvalue weighted by Gasteiger charge is 2.46. The van der Waals surface area contributed by atoms with Gasteiger partial charge in [0.25, 0.3) is 16.7 Å². The van der Waals surface area contributed by atoms with E-state index in [9.17, 15) is 18.0 Å². The molecule has 4 rings (SSSR count). The molecule has 2 aliphatic rings. The van der Waals surface area contributed by atoms with Gasteiger partial charge >= 0.3 is 6.09 Å². The molecule has 2 amide bonds. The highest BCUT2D eigenvalue weighted by molar-refractivity contribution is 7.85. The maximum Gasteiger partial charge on any atom is 0.415 e. The highest BCUT2D eigenvalue weighted by Crippen LogP contribution is 2.40. The van der Waals surface area contributed by atoms with Gasteiger partial charge in [-0.15, -0.1) is 0 Å². The molecular formula is C21H22N4O7S. The third-order valence-electron chi connectivity index (χ3n) is 4.79. The fraction of sp³-hybridized carbons (Fsp3) is 0.333. The van der Waals surface area contributed by atoms with Crippen LogP contribution in [0.5, 0.6) is 5.75 Å². The van der Waals surface area contributed by atoms with Crippen LogP contribution in [-0.2, 0) is 26.2 Å². The SMILES string of the molecule is CS(=O)(=O)O.[C-]#[N+]Cc1ccc(-c2ccc3c(c2)OC[C@H]2[C@H](CNC(C)=O)OC(=O)N32)cn1. The number of carbonyl (C=O) groups is 2. The number of carbonyl (C=O) groups excluding carboxylic acids is 2. The Balaban J connectivity index is 0.000000555. The summed E-state index contributed by atoms with van der Waals surface area (Å²) in [6, 6.07) is 9.04. The van der Waals surface area contributed by atoms with E-state index < -0.39 is 22.3 Å². The molecule has 33 heavy (non-hydrogen) atoms. The Morgan fingerprint density at radius 3 is 2.64 bits per heavy atom. The first-order valence-corrected chi connectivity index (χ1v) is 11.6. The van der Waals surface area contributed by atoms with Gasteiger partial charge in [-0.3, -0.25) is 19.2 Å². The molecule has 0 aliphatic carbocycles. The fourth-order valence-electron chi connectivity index (χ4n) is 3.40. The van der Waals surface area contributed by atoms with Crippen LogP contribution in [0.1, 0.15) is 12.6 Å². The minimum absolute atomic E-state index is 0.174. The minimum atomic E-state index is -3.67. The molecule has 3 heterocycles. The molecule has 0 spiro atoms. The van der Waals surface area contributed by atoms with Crippen LogP contribution in [0.25, 0.3) is 16.0 Å². The predicted molar refractivity (Wildman–Crippen MR) is 118 cm³/mol. The van der Waals surface area contributed by atoms with Gasteiger partial charge in [-0.1, -0.05) is 12.1 Å². The number of anilines is 1. The zero-order valence-electron chi connectivity index (χ0n) is 17.9. The van der Waals surface area contributed by atoms with Gasteiger partial charge in [0.1, 0.15) is 30.2 Å². The number of pyridine rings is 1. The first-order chi connectivity index (χ1) is 15.6. The van der Waals surface area contributed by atoms with Gasteiger partial charge in [-0.25, -0.2) is 11.4 Å². The molecule has 2 aromatic rings. The summed E-state index contributed by atoms with van der Waals surface area (Å²) in [6.07, 6.45) is 1.54. The highest BCUT2D eigenvalue weighted by atomic mass is 32.2. The second-order valence-corrected chi connectivity index (χ2v) is 8.84. The molecular weight excluding hydrogens is 452 g/mol. The zero-order valence-corrected chi connectivity index (χ0v) is 18.7. The third kappa shape index (κ3) is 6.18. The summed E-state index contributed by atoms with van der Waals surface area (Å²) < 4.78 is 37.2. The Morgan fingerprint density at radius 1 is 1.33 bits per heavy atom. The Bertz CT molecular complexity index is 1180. The molecule has 1 aromatic carbocycles. The van der Waals surface area contributed by atoms with Crippen molar-refractivity contribution in [1.82, 2.24) is 10.3 Å². The number of hydrogen-bond donors (Lipinski definition) is 2. The lowest BCUT2D eigenvalue weighted by Crippen LogP contribution is -2.47. The van der Waals surface area contributed by atoms with Crippen LogP contribution in [-0.4, -0.2) is 61.5 Å². The van der Waals surface area contributed by atoms with Crippen molar-refractivity contribution in [2.24, 2.45) is 0 Å². The molecule has 1 aromatic heterocycles. The van der Waals surface area contributed by atoms with Gasteiger partial charge < -0.3 is 19.6 Å². The van der Waals surface area contributed by atoms with E-state index in [0.717, 1.165) is 16.8 Å². The average molecular weight is 474 g/mol. The van der Waals surface area contributed by atoms with E-state index in [2.05, 4.69) is 15.1 Å². The summed E-state index contributed by atoms with van der Waals surface area (Å²) in [7, 11) is -3.67. The molecule has 11 nitrogen and oxygen atoms in total. The Hall–Kier alpha value is -3.69. The maximum absolute atomic E-state index is 12.4. The Morgan fingerprint density at radius 2 is 2.03 bits per heavy atom. The first kappa shape index (κ1) is 24.0. The van der Waals surface area contributed by atoms with E-state index in [-0.39, 0.29) is 31.6 Å². The normalized spacial score (nSPS) is 18.5. The van der Waals surface area contributed by atoms with Crippen molar-refractivity contribution >= 4 is 27.8 Å². The van der Waals surface area contributed by atoms with E-state index >= 15 is 0 Å². The second-order valence-electron chi connectivity index (χ2n) is 7.38. The molecule has 2 atom stereocenters. The van der Waals surface area contributed by atoms with Crippen LogP contribution < -0.4 is 15.0 Å². The Kier molecular flexibility index (Phi) is 7.15. The molecule has 0 saturated carbocycles. The summed E-state index contributed by atoms with van der Waals surface area (Å²) in [5, 5.41) is 2.69. The van der Waals surface area contributed by atoms with Crippen LogP contribution in [0, 0.1) is 6.57 Å². The van der Waals surface area contributed by atoms with Gasteiger partial charge in [-0.05, 0) is 23.8 Å². The molecule has 0 bridgehead atoms. The first-order valence-electron chi connectivity index (χ1n) is 9.79. The van der Waals surface area contributed by atoms with E-state index in [1.165, 1.54) is 6.92 Å². The molecule has 12 heteroatoms. The van der Waals surface area contributed by atoms with Crippen molar-refractivity contribution in [1.29, 1.82) is 0 Å². The van der Waals surface area contributed by atoms with E-state index in [0.29, 0.717) is 17.7 Å². The Labute approximate surface area is 190 Å². The zero-order chi connectivity index (χ0) is 24.2. The summed E-state index contributed by atoms with van der Waals surface area (Å²) in [5.74, 6) is 0.420. The fourth-order valence-corrected chi connectivity index (χ4v) is 3.40. The number of fused-ring (bicyclic) bond motifs is 3. The van der Waals surface area contributed by atoms with Crippen LogP contribution >= 0.6 is 0 Å². The monoisotopic (exact) mass is 474 g/mol.